The number of benzene rings is 2. The monoisotopic (exact) mass is 196 g/mol. The van der Waals surface area contributed by atoms with Crippen LogP contribution in [0, 0.1) is 0 Å². The van der Waals surface area contributed by atoms with Crippen molar-refractivity contribution in [3.8, 4) is 0 Å². The molecule has 15 heavy (non-hydrogen) atoms. The van der Waals surface area contributed by atoms with Crippen molar-refractivity contribution in [3.05, 3.63) is 54.6 Å². The summed E-state index contributed by atoms with van der Waals surface area (Å²) in [7, 11) is 0. The maximum absolute atomic E-state index is 10.2. The molecule has 2 rings (SSSR count). The molecule has 2 aromatic carbocycles. The summed E-state index contributed by atoms with van der Waals surface area (Å²) in [5.41, 5.74) is 1.50. The van der Waals surface area contributed by atoms with Gasteiger partial charge in [-0.1, -0.05) is 49.0 Å². The molecule has 73 valence electrons. The van der Waals surface area contributed by atoms with Crippen molar-refractivity contribution in [3.63, 3.8) is 0 Å². The molecule has 0 aliphatic heterocycles. The molecule has 0 aliphatic carbocycles. The Balaban J connectivity index is 2.60. The first-order valence-electron chi connectivity index (χ1n) is 4.63. The lowest BCUT2D eigenvalue weighted by Crippen LogP contribution is -2.07. The Morgan fingerprint density at radius 2 is 1.87 bits per heavy atom. The van der Waals surface area contributed by atoms with Crippen LogP contribution in [0.2, 0.25) is 0 Å². The molecule has 1 N–H and O–H groups in total. The third-order valence-corrected chi connectivity index (χ3v) is 2.32. The minimum atomic E-state index is 0.571. The van der Waals surface area contributed by atoms with Crippen molar-refractivity contribution >= 4 is 22.9 Å². The van der Waals surface area contributed by atoms with Crippen LogP contribution in [-0.4, -0.2) is 6.41 Å². The molecule has 0 saturated heterocycles. The van der Waals surface area contributed by atoms with E-state index in [1.54, 1.807) is 6.41 Å². The van der Waals surface area contributed by atoms with Gasteiger partial charge in [0.25, 0.3) is 0 Å². The molecule has 2 nitrogen and oxygen atoms in total. The van der Waals surface area contributed by atoms with Crippen molar-refractivity contribution in [1.29, 1.82) is 0 Å². The quantitative estimate of drug-likeness (QED) is 0.751. The van der Waals surface area contributed by atoms with Crippen LogP contribution in [0.25, 0.3) is 16.5 Å². The normalized spacial score (nSPS) is 9.87. The van der Waals surface area contributed by atoms with Crippen molar-refractivity contribution in [2.45, 2.75) is 0 Å². The lowest BCUT2D eigenvalue weighted by atomic mass is 10.0. The second kappa shape index (κ2) is 3.96. The Morgan fingerprint density at radius 1 is 1.13 bits per heavy atom. The highest BCUT2D eigenvalue weighted by molar-refractivity contribution is 5.94. The average Bonchev–Trinajstić information content (AvgIpc) is 2.28. The summed E-state index contributed by atoms with van der Waals surface area (Å²) in [6, 6.07) is 13.9. The third kappa shape index (κ3) is 1.74. The summed E-state index contributed by atoms with van der Waals surface area (Å²) in [5, 5.41) is 4.66. The molecular weight excluding hydrogens is 186 g/mol. The van der Waals surface area contributed by atoms with E-state index in [0.29, 0.717) is 5.70 Å². The predicted molar refractivity (Wildman–Crippen MR) is 61.8 cm³/mol. The van der Waals surface area contributed by atoms with Crippen LogP contribution in [0.5, 0.6) is 0 Å². The van der Waals surface area contributed by atoms with Crippen LogP contribution in [0.15, 0.2) is 49.0 Å². The smallest absolute Gasteiger partial charge is 0.314 e. The van der Waals surface area contributed by atoms with E-state index in [-0.39, 0.29) is 0 Å². The third-order valence-electron chi connectivity index (χ3n) is 2.32. The number of amides is 1. The molecule has 0 aliphatic rings. The van der Waals surface area contributed by atoms with Gasteiger partial charge in [0.05, 0.1) is 0 Å². The van der Waals surface area contributed by atoms with Gasteiger partial charge in [-0.15, -0.1) is 0 Å². The fourth-order valence-electron chi connectivity index (χ4n) is 1.62. The zero-order valence-corrected chi connectivity index (χ0v) is 8.16. The molecule has 0 bridgehead atoms. The van der Waals surface area contributed by atoms with Gasteiger partial charge in [0, 0.05) is 11.3 Å². The molecule has 2 heteroatoms. The number of nitrogens with one attached hydrogen (secondary N) is 1. The maximum Gasteiger partial charge on any atom is 0.314 e. The summed E-state index contributed by atoms with van der Waals surface area (Å²) in [5.74, 6) is 0. The summed E-state index contributed by atoms with van der Waals surface area (Å²) in [4.78, 5) is 10.2. The van der Waals surface area contributed by atoms with Gasteiger partial charge >= 0.3 is 6.41 Å². The molecule has 0 aromatic heterocycles. The van der Waals surface area contributed by atoms with Gasteiger partial charge in [-0.2, -0.15) is 0 Å². The fourth-order valence-corrected chi connectivity index (χ4v) is 1.62. The molecule has 0 heterocycles. The number of carbonyl (C=O) groups excluding carboxylic acids is 1. The SMILES string of the molecule is C=C(N[C]=O)c1cccc2ccccc12. The van der Waals surface area contributed by atoms with E-state index in [9.17, 15) is 4.79 Å². The first-order valence-corrected chi connectivity index (χ1v) is 4.63. The van der Waals surface area contributed by atoms with E-state index in [0.717, 1.165) is 16.3 Å². The van der Waals surface area contributed by atoms with E-state index in [1.165, 1.54) is 0 Å². The summed E-state index contributed by atoms with van der Waals surface area (Å²) in [6.07, 6.45) is 1.63. The van der Waals surface area contributed by atoms with Gasteiger partial charge in [-0.3, -0.25) is 4.79 Å². The lowest BCUT2D eigenvalue weighted by molar-refractivity contribution is 0.551. The Labute approximate surface area is 88.2 Å². The topological polar surface area (TPSA) is 29.1 Å². The lowest BCUT2D eigenvalue weighted by Gasteiger charge is -2.07. The van der Waals surface area contributed by atoms with Gasteiger partial charge in [-0.05, 0) is 10.8 Å². The number of hydrogen-bond donors (Lipinski definition) is 1. The fraction of sp³-hybridized carbons (Fsp3) is 0. The Bertz CT molecular complexity index is 511. The first kappa shape index (κ1) is 9.46. The van der Waals surface area contributed by atoms with Crippen LogP contribution < -0.4 is 5.32 Å². The maximum atomic E-state index is 10.2. The minimum absolute atomic E-state index is 0.571. The molecule has 0 atom stereocenters. The Hall–Kier alpha value is -2.09. The zero-order chi connectivity index (χ0) is 10.7. The molecule has 1 radical (unpaired) electrons. The number of hydrogen-bond acceptors (Lipinski definition) is 1. The highest BCUT2D eigenvalue weighted by atomic mass is 16.1. The summed E-state index contributed by atoms with van der Waals surface area (Å²) >= 11 is 0. The van der Waals surface area contributed by atoms with E-state index in [2.05, 4.69) is 11.9 Å². The molecule has 0 fully saturated rings. The van der Waals surface area contributed by atoms with Crippen LogP contribution in [0.4, 0.5) is 0 Å². The van der Waals surface area contributed by atoms with Crippen molar-refractivity contribution < 1.29 is 4.79 Å². The standard InChI is InChI=1S/C13H10NO/c1-10(14-9-15)12-8-4-6-11-5-2-3-7-13(11)12/h2-8H,1H2,(H,14,15). The second-order valence-electron chi connectivity index (χ2n) is 3.23. The van der Waals surface area contributed by atoms with Gasteiger partial charge in [0.15, 0.2) is 0 Å². The van der Waals surface area contributed by atoms with Crippen LogP contribution >= 0.6 is 0 Å². The van der Waals surface area contributed by atoms with E-state index >= 15 is 0 Å². The largest absolute Gasteiger partial charge is 0.318 e. The second-order valence-corrected chi connectivity index (χ2v) is 3.23. The van der Waals surface area contributed by atoms with Gasteiger partial charge in [0.2, 0.25) is 0 Å². The van der Waals surface area contributed by atoms with E-state index in [1.807, 2.05) is 42.5 Å². The average molecular weight is 196 g/mol. The molecule has 0 saturated carbocycles. The Kier molecular flexibility index (Phi) is 2.50. The first-order chi connectivity index (χ1) is 7.33. The molecule has 0 spiro atoms. The van der Waals surface area contributed by atoms with Crippen LogP contribution in [0.1, 0.15) is 5.56 Å². The highest BCUT2D eigenvalue weighted by Crippen LogP contribution is 2.22. The highest BCUT2D eigenvalue weighted by Gasteiger charge is 2.02. The van der Waals surface area contributed by atoms with E-state index < -0.39 is 0 Å². The molecule has 0 unspecified atom stereocenters. The molecule has 2 aromatic rings. The van der Waals surface area contributed by atoms with Crippen molar-refractivity contribution in [1.82, 2.24) is 5.32 Å². The number of fused-ring (bicyclic) bond motifs is 1. The number of rotatable bonds is 3. The summed E-state index contributed by atoms with van der Waals surface area (Å²) in [6.45, 7) is 3.79. The summed E-state index contributed by atoms with van der Waals surface area (Å²) < 4.78 is 0. The Morgan fingerprint density at radius 3 is 2.67 bits per heavy atom. The minimum Gasteiger partial charge on any atom is -0.318 e. The predicted octanol–water partition coefficient (Wildman–Crippen LogP) is 2.47. The van der Waals surface area contributed by atoms with Crippen LogP contribution in [-0.2, 0) is 4.79 Å². The van der Waals surface area contributed by atoms with Gasteiger partial charge in [-0.25, -0.2) is 0 Å². The van der Waals surface area contributed by atoms with E-state index in [4.69, 9.17) is 0 Å². The molecular formula is C13H10NO. The molecule has 1 amide bonds. The zero-order valence-electron chi connectivity index (χ0n) is 8.16. The van der Waals surface area contributed by atoms with Gasteiger partial charge in [0.1, 0.15) is 0 Å². The van der Waals surface area contributed by atoms with Crippen molar-refractivity contribution in [2.24, 2.45) is 0 Å². The van der Waals surface area contributed by atoms with Crippen molar-refractivity contribution in [2.75, 3.05) is 0 Å². The van der Waals surface area contributed by atoms with Gasteiger partial charge < -0.3 is 5.32 Å². The van der Waals surface area contributed by atoms with Crippen LogP contribution in [0.3, 0.4) is 0 Å².